The van der Waals surface area contributed by atoms with Gasteiger partial charge in [0.25, 0.3) is 0 Å². The van der Waals surface area contributed by atoms with E-state index in [1.54, 1.807) is 26.6 Å². The molecule has 0 aliphatic carbocycles. The molecular weight excluding hydrogens is 294 g/mol. The normalized spacial score (nSPS) is 12.7. The molecule has 0 bridgehead atoms. The van der Waals surface area contributed by atoms with E-state index in [0.717, 1.165) is 11.0 Å². The van der Waals surface area contributed by atoms with E-state index in [2.05, 4.69) is 9.97 Å². The summed E-state index contributed by atoms with van der Waals surface area (Å²) in [4.78, 5) is 19.2. The number of aromatic nitrogens is 3. The Balaban J connectivity index is 2.32. The topological polar surface area (TPSA) is 86.5 Å². The maximum atomic E-state index is 10.8. The number of fused-ring (bicyclic) bond motifs is 1. The highest BCUT2D eigenvalue weighted by Gasteiger charge is 2.16. The van der Waals surface area contributed by atoms with Gasteiger partial charge in [-0.25, -0.2) is 4.98 Å². The van der Waals surface area contributed by atoms with Gasteiger partial charge in [0.2, 0.25) is 0 Å². The lowest BCUT2D eigenvalue weighted by atomic mass is 10.3. The van der Waals surface area contributed by atoms with Crippen LogP contribution in [0.15, 0.2) is 23.6 Å². The number of rotatable bonds is 8. The standard InChI is InChI=1S/C13H17N3O4S/c1-19-7-9(20-2)6-16-11-3-4-14-5-10(11)15-13(16)21-8-12(17)18/h3-5,9H,6-8H2,1-2H3,(H,17,18). The van der Waals surface area contributed by atoms with Crippen molar-refractivity contribution in [1.82, 2.24) is 14.5 Å². The fraction of sp³-hybridized carbons (Fsp3) is 0.462. The summed E-state index contributed by atoms with van der Waals surface area (Å²) in [5, 5.41) is 9.48. The largest absolute Gasteiger partial charge is 0.481 e. The summed E-state index contributed by atoms with van der Waals surface area (Å²) < 4.78 is 12.4. The number of imidazole rings is 1. The molecule has 2 heterocycles. The van der Waals surface area contributed by atoms with Crippen molar-refractivity contribution in [3.05, 3.63) is 18.5 Å². The second-order valence-corrected chi connectivity index (χ2v) is 5.31. The van der Waals surface area contributed by atoms with Crippen LogP contribution in [0.1, 0.15) is 0 Å². The first-order chi connectivity index (χ1) is 10.2. The molecule has 2 aromatic rings. The first-order valence-corrected chi connectivity index (χ1v) is 7.30. The number of thioether (sulfide) groups is 1. The molecule has 0 radical (unpaired) electrons. The number of carboxylic acids is 1. The minimum absolute atomic E-state index is 0.0430. The van der Waals surface area contributed by atoms with Crippen LogP contribution in [0.3, 0.4) is 0 Å². The molecule has 1 unspecified atom stereocenters. The molecular formula is C13H17N3O4S. The van der Waals surface area contributed by atoms with Crippen LogP contribution in [-0.2, 0) is 20.8 Å². The van der Waals surface area contributed by atoms with Crippen LogP contribution in [0.5, 0.6) is 0 Å². The van der Waals surface area contributed by atoms with Crippen LogP contribution in [0, 0.1) is 0 Å². The lowest BCUT2D eigenvalue weighted by Gasteiger charge is -2.17. The van der Waals surface area contributed by atoms with Gasteiger partial charge in [0, 0.05) is 20.4 Å². The molecule has 114 valence electrons. The third kappa shape index (κ3) is 3.93. The van der Waals surface area contributed by atoms with Crippen LogP contribution < -0.4 is 0 Å². The van der Waals surface area contributed by atoms with Crippen molar-refractivity contribution in [1.29, 1.82) is 0 Å². The summed E-state index contributed by atoms with van der Waals surface area (Å²) in [6, 6.07) is 1.85. The number of methoxy groups -OCH3 is 2. The second-order valence-electron chi connectivity index (χ2n) is 4.36. The van der Waals surface area contributed by atoms with Gasteiger partial charge in [0.15, 0.2) is 5.16 Å². The zero-order valence-electron chi connectivity index (χ0n) is 11.9. The highest BCUT2D eigenvalue weighted by atomic mass is 32.2. The van der Waals surface area contributed by atoms with Crippen LogP contribution in [0.25, 0.3) is 11.0 Å². The lowest BCUT2D eigenvalue weighted by molar-refractivity contribution is -0.133. The number of ether oxygens (including phenoxy) is 2. The predicted molar refractivity (Wildman–Crippen MR) is 78.6 cm³/mol. The second kappa shape index (κ2) is 7.39. The van der Waals surface area contributed by atoms with Crippen molar-refractivity contribution in [3.63, 3.8) is 0 Å². The van der Waals surface area contributed by atoms with E-state index < -0.39 is 5.97 Å². The van der Waals surface area contributed by atoms with E-state index in [1.807, 2.05) is 10.6 Å². The Labute approximate surface area is 126 Å². The summed E-state index contributed by atoms with van der Waals surface area (Å²) >= 11 is 1.18. The van der Waals surface area contributed by atoms with Crippen LogP contribution in [-0.4, -0.2) is 58.3 Å². The number of carboxylic acid groups (broad SMARTS) is 1. The monoisotopic (exact) mass is 311 g/mol. The summed E-state index contributed by atoms with van der Waals surface area (Å²) in [5.41, 5.74) is 1.63. The van der Waals surface area contributed by atoms with E-state index in [9.17, 15) is 4.79 Å². The number of hydrogen-bond acceptors (Lipinski definition) is 6. The fourth-order valence-electron chi connectivity index (χ4n) is 1.96. The maximum Gasteiger partial charge on any atom is 0.313 e. The van der Waals surface area contributed by atoms with E-state index in [-0.39, 0.29) is 11.9 Å². The van der Waals surface area contributed by atoms with Crippen molar-refractivity contribution in [2.24, 2.45) is 0 Å². The average Bonchev–Trinajstić information content (AvgIpc) is 2.82. The molecule has 2 aromatic heterocycles. The summed E-state index contributed by atoms with van der Waals surface area (Å²) in [7, 11) is 3.23. The minimum atomic E-state index is -0.878. The highest BCUT2D eigenvalue weighted by Crippen LogP contribution is 2.24. The zero-order valence-corrected chi connectivity index (χ0v) is 12.7. The molecule has 0 spiro atoms. The first kappa shape index (κ1) is 15.7. The Morgan fingerprint density at radius 1 is 1.52 bits per heavy atom. The molecule has 21 heavy (non-hydrogen) atoms. The fourth-order valence-corrected chi connectivity index (χ4v) is 2.70. The number of hydrogen-bond donors (Lipinski definition) is 1. The SMILES string of the molecule is COCC(Cn1c(SCC(=O)O)nc2cnccc21)OC. The molecule has 0 saturated heterocycles. The Bertz CT molecular complexity index is 616. The van der Waals surface area contributed by atoms with Gasteiger partial charge in [-0.3, -0.25) is 9.78 Å². The molecule has 2 rings (SSSR count). The smallest absolute Gasteiger partial charge is 0.313 e. The Kier molecular flexibility index (Phi) is 5.54. The van der Waals surface area contributed by atoms with Gasteiger partial charge in [0.1, 0.15) is 5.52 Å². The Morgan fingerprint density at radius 3 is 3.00 bits per heavy atom. The van der Waals surface area contributed by atoms with Gasteiger partial charge in [0.05, 0.1) is 36.7 Å². The molecule has 1 N–H and O–H groups in total. The zero-order chi connectivity index (χ0) is 15.2. The molecule has 7 nitrogen and oxygen atoms in total. The lowest BCUT2D eigenvalue weighted by Crippen LogP contribution is -2.24. The Hall–Kier alpha value is -1.64. The van der Waals surface area contributed by atoms with E-state index >= 15 is 0 Å². The van der Waals surface area contributed by atoms with Crippen molar-refractivity contribution in [2.45, 2.75) is 17.8 Å². The minimum Gasteiger partial charge on any atom is -0.481 e. The van der Waals surface area contributed by atoms with Crippen molar-refractivity contribution < 1.29 is 19.4 Å². The molecule has 0 aromatic carbocycles. The number of nitrogens with zero attached hydrogens (tertiary/aromatic N) is 3. The van der Waals surface area contributed by atoms with Gasteiger partial charge < -0.3 is 19.1 Å². The predicted octanol–water partition coefficient (Wildman–Crippen LogP) is 1.27. The molecule has 0 aliphatic heterocycles. The number of pyridine rings is 1. The van der Waals surface area contributed by atoms with Crippen LogP contribution >= 0.6 is 11.8 Å². The maximum absolute atomic E-state index is 10.8. The van der Waals surface area contributed by atoms with Gasteiger partial charge >= 0.3 is 5.97 Å². The van der Waals surface area contributed by atoms with Crippen LogP contribution in [0.2, 0.25) is 0 Å². The van der Waals surface area contributed by atoms with Crippen molar-refractivity contribution >= 4 is 28.8 Å². The molecule has 0 aliphatic rings. The number of carbonyl (C=O) groups is 1. The van der Waals surface area contributed by atoms with Gasteiger partial charge in [-0.2, -0.15) is 0 Å². The average molecular weight is 311 g/mol. The highest BCUT2D eigenvalue weighted by molar-refractivity contribution is 7.99. The van der Waals surface area contributed by atoms with E-state index in [1.165, 1.54) is 11.8 Å². The van der Waals surface area contributed by atoms with Gasteiger partial charge in [-0.1, -0.05) is 11.8 Å². The quantitative estimate of drug-likeness (QED) is 0.735. The third-order valence-corrected chi connectivity index (χ3v) is 3.87. The first-order valence-electron chi connectivity index (χ1n) is 6.32. The van der Waals surface area contributed by atoms with Gasteiger partial charge in [-0.15, -0.1) is 0 Å². The molecule has 1 atom stereocenters. The van der Waals surface area contributed by atoms with Crippen molar-refractivity contribution in [3.8, 4) is 0 Å². The molecule has 8 heteroatoms. The molecule has 0 amide bonds. The molecule has 0 fully saturated rings. The summed E-state index contributed by atoms with van der Waals surface area (Å²) in [5.74, 6) is -0.921. The van der Waals surface area contributed by atoms with Crippen LogP contribution in [0.4, 0.5) is 0 Å². The number of aliphatic carboxylic acids is 1. The summed E-state index contributed by atoms with van der Waals surface area (Å²) in [6.07, 6.45) is 3.21. The van der Waals surface area contributed by atoms with E-state index in [4.69, 9.17) is 14.6 Å². The van der Waals surface area contributed by atoms with Gasteiger partial charge in [-0.05, 0) is 6.07 Å². The molecule has 0 saturated carbocycles. The third-order valence-electron chi connectivity index (χ3n) is 2.91. The van der Waals surface area contributed by atoms with E-state index in [0.29, 0.717) is 18.3 Å². The van der Waals surface area contributed by atoms with Crippen molar-refractivity contribution in [2.75, 3.05) is 26.6 Å². The summed E-state index contributed by atoms with van der Waals surface area (Å²) in [6.45, 7) is 0.983. The Morgan fingerprint density at radius 2 is 2.33 bits per heavy atom.